The minimum absolute atomic E-state index is 0.0963. The van der Waals surface area contributed by atoms with Crippen molar-refractivity contribution in [2.24, 2.45) is 0 Å². The number of methoxy groups -OCH3 is 1. The molecule has 1 amide bonds. The van der Waals surface area contributed by atoms with E-state index in [9.17, 15) is 9.59 Å². The highest BCUT2D eigenvalue weighted by Gasteiger charge is 2.37. The van der Waals surface area contributed by atoms with Crippen molar-refractivity contribution in [3.8, 4) is 0 Å². The average molecular weight is 416 g/mol. The summed E-state index contributed by atoms with van der Waals surface area (Å²) < 4.78 is 5.04. The van der Waals surface area contributed by atoms with Gasteiger partial charge in [0.25, 0.3) is 5.91 Å². The maximum absolute atomic E-state index is 13.2. The summed E-state index contributed by atoms with van der Waals surface area (Å²) in [6, 6.07) is 27.3. The summed E-state index contributed by atoms with van der Waals surface area (Å²) in [6.45, 7) is 0.814. The van der Waals surface area contributed by atoms with Crippen LogP contribution in [0.15, 0.2) is 84.9 Å². The molecule has 5 heteroatoms. The largest absolute Gasteiger partial charge is 0.465 e. The monoisotopic (exact) mass is 415 g/mol. The number of carbonyl (C=O) groups excluding carboxylic acids is 2. The van der Waals surface area contributed by atoms with Gasteiger partial charge in [-0.2, -0.15) is 0 Å². The van der Waals surface area contributed by atoms with Crippen LogP contribution in [-0.4, -0.2) is 31.6 Å². The molecule has 31 heavy (non-hydrogen) atoms. The van der Waals surface area contributed by atoms with Gasteiger partial charge in [-0.15, -0.1) is 0 Å². The van der Waals surface area contributed by atoms with E-state index in [-0.39, 0.29) is 24.5 Å². The molecule has 5 nitrogen and oxygen atoms in total. The Morgan fingerprint density at radius 3 is 2.03 bits per heavy atom. The SMILES string of the molecule is COC(=O)[C@@H]1Cc2ccccc2C[NH+]1CC(=O)NC(c1ccccc1)c1ccccc1. The lowest BCUT2D eigenvalue weighted by Gasteiger charge is -2.32. The van der Waals surface area contributed by atoms with Crippen LogP contribution in [0.3, 0.4) is 0 Å². The van der Waals surface area contributed by atoms with Crippen molar-refractivity contribution in [1.82, 2.24) is 5.32 Å². The van der Waals surface area contributed by atoms with Crippen LogP contribution in [-0.2, 0) is 27.3 Å². The van der Waals surface area contributed by atoms with Crippen LogP contribution in [0.1, 0.15) is 28.3 Å². The standard InChI is InChI=1S/C26H26N2O3/c1-31-26(30)23-16-21-14-8-9-15-22(21)17-28(23)18-24(29)27-25(19-10-4-2-5-11-19)20-12-6-3-7-13-20/h2-15,23,25H,16-18H2,1H3,(H,27,29)/p+1/t23-/m0/s1. The van der Waals surface area contributed by atoms with Gasteiger partial charge in [0.05, 0.1) is 13.2 Å². The molecule has 0 saturated carbocycles. The molecule has 2 atom stereocenters. The highest BCUT2D eigenvalue weighted by Crippen LogP contribution is 2.21. The number of amides is 1. The number of hydrogen-bond acceptors (Lipinski definition) is 3. The number of quaternary nitrogens is 1. The summed E-state index contributed by atoms with van der Waals surface area (Å²) >= 11 is 0. The fraction of sp³-hybridized carbons (Fsp3) is 0.231. The highest BCUT2D eigenvalue weighted by molar-refractivity contribution is 5.79. The van der Waals surface area contributed by atoms with Crippen LogP contribution in [0.5, 0.6) is 0 Å². The van der Waals surface area contributed by atoms with Gasteiger partial charge in [-0.05, 0) is 16.7 Å². The Morgan fingerprint density at radius 1 is 0.903 bits per heavy atom. The fourth-order valence-corrected chi connectivity index (χ4v) is 4.31. The van der Waals surface area contributed by atoms with Crippen LogP contribution in [0.2, 0.25) is 0 Å². The van der Waals surface area contributed by atoms with Crippen molar-refractivity contribution in [1.29, 1.82) is 0 Å². The molecule has 0 spiro atoms. The van der Waals surface area contributed by atoms with E-state index in [4.69, 9.17) is 4.74 Å². The van der Waals surface area contributed by atoms with Gasteiger partial charge in [0, 0.05) is 12.0 Å². The summed E-state index contributed by atoms with van der Waals surface area (Å²) in [5, 5.41) is 3.19. The van der Waals surface area contributed by atoms with Crippen molar-refractivity contribution in [2.75, 3.05) is 13.7 Å². The van der Waals surface area contributed by atoms with E-state index in [0.717, 1.165) is 21.6 Å². The average Bonchev–Trinajstić information content (AvgIpc) is 2.82. The van der Waals surface area contributed by atoms with Crippen LogP contribution in [0, 0.1) is 0 Å². The van der Waals surface area contributed by atoms with E-state index < -0.39 is 6.04 Å². The Balaban J connectivity index is 1.54. The van der Waals surface area contributed by atoms with Crippen molar-refractivity contribution >= 4 is 11.9 Å². The summed E-state index contributed by atoms with van der Waals surface area (Å²) in [4.78, 5) is 26.5. The molecule has 1 aliphatic rings. The fourth-order valence-electron chi connectivity index (χ4n) is 4.31. The van der Waals surface area contributed by atoms with Crippen molar-refractivity contribution < 1.29 is 19.2 Å². The second-order valence-electron chi connectivity index (χ2n) is 7.88. The number of nitrogens with one attached hydrogen (secondary N) is 2. The molecule has 3 aromatic rings. The van der Waals surface area contributed by atoms with Gasteiger partial charge in [-0.3, -0.25) is 4.79 Å². The van der Waals surface area contributed by atoms with Crippen molar-refractivity contribution in [2.45, 2.75) is 25.0 Å². The molecule has 0 bridgehead atoms. The third kappa shape index (κ3) is 4.84. The van der Waals surface area contributed by atoms with Crippen LogP contribution < -0.4 is 10.2 Å². The molecule has 1 heterocycles. The summed E-state index contributed by atoms with van der Waals surface area (Å²) in [6.07, 6.45) is 0.576. The van der Waals surface area contributed by atoms with Gasteiger partial charge in [-0.25, -0.2) is 4.79 Å². The first-order chi connectivity index (χ1) is 15.2. The van der Waals surface area contributed by atoms with E-state index in [1.54, 1.807) is 0 Å². The molecule has 3 aromatic carbocycles. The maximum Gasteiger partial charge on any atom is 0.365 e. The Bertz CT molecular complexity index is 997. The molecule has 0 aliphatic carbocycles. The predicted octanol–water partition coefficient (Wildman–Crippen LogP) is 2.08. The lowest BCUT2D eigenvalue weighted by atomic mass is 9.94. The van der Waals surface area contributed by atoms with Gasteiger partial charge in [-0.1, -0.05) is 84.9 Å². The van der Waals surface area contributed by atoms with Crippen molar-refractivity contribution in [3.05, 3.63) is 107 Å². The molecule has 1 aliphatic heterocycles. The van der Waals surface area contributed by atoms with E-state index in [0.29, 0.717) is 13.0 Å². The number of ether oxygens (including phenoxy) is 1. The molecule has 0 fully saturated rings. The number of benzene rings is 3. The van der Waals surface area contributed by atoms with Gasteiger partial charge in [0.15, 0.2) is 12.6 Å². The molecule has 4 rings (SSSR count). The number of rotatable bonds is 6. The van der Waals surface area contributed by atoms with E-state index in [1.807, 2.05) is 78.9 Å². The number of hydrogen-bond donors (Lipinski definition) is 2. The van der Waals surface area contributed by atoms with Gasteiger partial charge in [0.2, 0.25) is 0 Å². The zero-order chi connectivity index (χ0) is 21.6. The lowest BCUT2D eigenvalue weighted by molar-refractivity contribution is -0.924. The first-order valence-electron chi connectivity index (χ1n) is 10.5. The maximum atomic E-state index is 13.2. The predicted molar refractivity (Wildman–Crippen MR) is 118 cm³/mol. The van der Waals surface area contributed by atoms with Crippen LogP contribution >= 0.6 is 0 Å². The van der Waals surface area contributed by atoms with E-state index in [2.05, 4.69) is 11.4 Å². The third-order valence-electron chi connectivity index (χ3n) is 5.90. The number of esters is 1. The van der Waals surface area contributed by atoms with Crippen LogP contribution in [0.25, 0.3) is 0 Å². The molecule has 0 saturated heterocycles. The number of carbonyl (C=O) groups is 2. The quantitative estimate of drug-likeness (QED) is 0.606. The molecule has 0 radical (unpaired) electrons. The third-order valence-corrected chi connectivity index (χ3v) is 5.90. The molecule has 1 unspecified atom stereocenters. The topological polar surface area (TPSA) is 59.8 Å². The van der Waals surface area contributed by atoms with Gasteiger partial charge < -0.3 is 15.0 Å². The minimum Gasteiger partial charge on any atom is -0.465 e. The molecular weight excluding hydrogens is 388 g/mol. The Morgan fingerprint density at radius 2 is 1.45 bits per heavy atom. The number of fused-ring (bicyclic) bond motifs is 1. The first-order valence-corrected chi connectivity index (χ1v) is 10.5. The second kappa shape index (κ2) is 9.58. The minimum atomic E-state index is -0.391. The zero-order valence-corrected chi connectivity index (χ0v) is 17.6. The first kappa shape index (κ1) is 20.8. The zero-order valence-electron chi connectivity index (χ0n) is 17.6. The summed E-state index contributed by atoms with van der Waals surface area (Å²) in [5.74, 6) is -0.374. The Hall–Kier alpha value is -3.44. The summed E-state index contributed by atoms with van der Waals surface area (Å²) in [5.41, 5.74) is 4.36. The van der Waals surface area contributed by atoms with Crippen LogP contribution in [0.4, 0.5) is 0 Å². The van der Waals surface area contributed by atoms with Gasteiger partial charge >= 0.3 is 5.97 Å². The smallest absolute Gasteiger partial charge is 0.365 e. The summed E-state index contributed by atoms with van der Waals surface area (Å²) in [7, 11) is 1.40. The molecule has 158 valence electrons. The second-order valence-corrected chi connectivity index (χ2v) is 7.88. The van der Waals surface area contributed by atoms with E-state index >= 15 is 0 Å². The van der Waals surface area contributed by atoms with E-state index in [1.165, 1.54) is 12.7 Å². The molecule has 2 N–H and O–H groups in total. The molecular formula is C26H27N2O3+. The highest BCUT2D eigenvalue weighted by atomic mass is 16.5. The Kier molecular flexibility index (Phi) is 6.43. The van der Waals surface area contributed by atoms with Gasteiger partial charge in [0.1, 0.15) is 6.54 Å². The Labute approximate surface area is 182 Å². The normalized spacial score (nSPS) is 17.6. The van der Waals surface area contributed by atoms with Crippen molar-refractivity contribution in [3.63, 3.8) is 0 Å². The lowest BCUT2D eigenvalue weighted by Crippen LogP contribution is -3.17. The molecule has 0 aromatic heterocycles.